The monoisotopic (exact) mass is 419 g/mol. The Hall–Kier alpha value is -3.18. The predicted molar refractivity (Wildman–Crippen MR) is 122 cm³/mol. The van der Waals surface area contributed by atoms with E-state index in [-0.39, 0.29) is 6.10 Å². The van der Waals surface area contributed by atoms with Gasteiger partial charge < -0.3 is 24.3 Å². The van der Waals surface area contributed by atoms with Crippen molar-refractivity contribution in [2.24, 2.45) is 0 Å². The van der Waals surface area contributed by atoms with Crippen molar-refractivity contribution in [3.8, 4) is 17.2 Å². The summed E-state index contributed by atoms with van der Waals surface area (Å²) in [6, 6.07) is 25.8. The normalized spacial score (nSPS) is 15.4. The third-order valence-electron chi connectivity index (χ3n) is 5.13. The quantitative estimate of drug-likeness (QED) is 0.427. The topological polar surface area (TPSA) is 49.0 Å². The summed E-state index contributed by atoms with van der Waals surface area (Å²) in [7, 11) is 0. The first-order valence-corrected chi connectivity index (χ1v) is 10.8. The average Bonchev–Trinajstić information content (AvgIpc) is 3.35. The second kappa shape index (κ2) is 11.3. The first-order chi connectivity index (χ1) is 15.4. The second-order valence-corrected chi connectivity index (χ2v) is 7.41. The molecule has 1 unspecified atom stereocenters. The molecule has 1 heterocycles. The Balaban J connectivity index is 1.29. The van der Waals surface area contributed by atoms with Gasteiger partial charge >= 0.3 is 0 Å². The maximum absolute atomic E-state index is 6.03. The van der Waals surface area contributed by atoms with Gasteiger partial charge in [0.2, 0.25) is 0 Å². The molecule has 162 valence electrons. The van der Waals surface area contributed by atoms with Crippen molar-refractivity contribution in [3.05, 3.63) is 84.4 Å². The van der Waals surface area contributed by atoms with Crippen LogP contribution in [-0.4, -0.2) is 32.5 Å². The van der Waals surface area contributed by atoms with E-state index in [0.29, 0.717) is 26.4 Å². The minimum absolute atomic E-state index is 0.195. The fourth-order valence-electron chi connectivity index (χ4n) is 3.51. The Bertz CT molecular complexity index is 925. The van der Waals surface area contributed by atoms with E-state index in [1.165, 1.54) is 0 Å². The Morgan fingerprint density at radius 2 is 1.52 bits per heavy atom. The van der Waals surface area contributed by atoms with Crippen molar-refractivity contribution in [2.45, 2.75) is 25.5 Å². The summed E-state index contributed by atoms with van der Waals surface area (Å²) in [6.45, 7) is 3.02. The third-order valence-corrected chi connectivity index (χ3v) is 5.13. The summed E-state index contributed by atoms with van der Waals surface area (Å²) in [5.41, 5.74) is 2.04. The molecule has 1 aliphatic heterocycles. The fourth-order valence-corrected chi connectivity index (χ4v) is 3.51. The SMILES string of the molecule is c1ccc(OCCOc2ccccc2CNc2ccccc2OCC2CCCO2)cc1. The zero-order valence-electron chi connectivity index (χ0n) is 17.7. The van der Waals surface area contributed by atoms with E-state index in [4.69, 9.17) is 18.9 Å². The molecular weight excluding hydrogens is 390 g/mol. The highest BCUT2D eigenvalue weighted by Crippen LogP contribution is 2.27. The fraction of sp³-hybridized carbons (Fsp3) is 0.308. The molecular formula is C26H29NO4. The summed E-state index contributed by atoms with van der Waals surface area (Å²) in [6.07, 6.45) is 2.37. The number of nitrogens with one attached hydrogen (secondary N) is 1. The molecule has 0 saturated carbocycles. The maximum Gasteiger partial charge on any atom is 0.142 e. The van der Waals surface area contributed by atoms with Crippen LogP contribution < -0.4 is 19.5 Å². The van der Waals surface area contributed by atoms with Crippen molar-refractivity contribution < 1.29 is 18.9 Å². The number of ether oxygens (including phenoxy) is 4. The minimum Gasteiger partial charge on any atom is -0.490 e. The molecule has 5 nitrogen and oxygen atoms in total. The van der Waals surface area contributed by atoms with Crippen LogP contribution in [0.15, 0.2) is 78.9 Å². The lowest BCUT2D eigenvalue weighted by Crippen LogP contribution is -2.17. The predicted octanol–water partition coefficient (Wildman–Crippen LogP) is 5.31. The molecule has 0 amide bonds. The van der Waals surface area contributed by atoms with E-state index in [2.05, 4.69) is 11.4 Å². The number of anilines is 1. The molecule has 3 aromatic carbocycles. The smallest absolute Gasteiger partial charge is 0.142 e. The molecule has 0 bridgehead atoms. The van der Waals surface area contributed by atoms with Crippen LogP contribution in [0.25, 0.3) is 0 Å². The van der Waals surface area contributed by atoms with Crippen molar-refractivity contribution in [1.29, 1.82) is 0 Å². The number of benzene rings is 3. The van der Waals surface area contributed by atoms with Crippen LogP contribution in [0, 0.1) is 0 Å². The van der Waals surface area contributed by atoms with Crippen LogP contribution in [0.1, 0.15) is 18.4 Å². The highest BCUT2D eigenvalue weighted by molar-refractivity contribution is 5.56. The van der Waals surface area contributed by atoms with E-state index in [1.54, 1.807) is 0 Å². The lowest BCUT2D eigenvalue weighted by molar-refractivity contribution is 0.0682. The van der Waals surface area contributed by atoms with E-state index >= 15 is 0 Å². The number of para-hydroxylation sites is 4. The summed E-state index contributed by atoms with van der Waals surface area (Å²) in [5.74, 6) is 2.54. The first-order valence-electron chi connectivity index (χ1n) is 10.8. The lowest BCUT2D eigenvalue weighted by atomic mass is 10.2. The second-order valence-electron chi connectivity index (χ2n) is 7.41. The molecule has 3 aromatic rings. The molecule has 1 N–H and O–H groups in total. The molecule has 1 atom stereocenters. The molecule has 1 saturated heterocycles. The van der Waals surface area contributed by atoms with E-state index in [0.717, 1.165) is 47.9 Å². The third kappa shape index (κ3) is 6.40. The Labute approximate surface area is 183 Å². The summed E-state index contributed by atoms with van der Waals surface area (Å²) in [5, 5.41) is 3.48. The average molecular weight is 420 g/mol. The minimum atomic E-state index is 0.195. The van der Waals surface area contributed by atoms with Crippen LogP contribution in [-0.2, 0) is 11.3 Å². The van der Waals surface area contributed by atoms with Gasteiger partial charge in [-0.2, -0.15) is 0 Å². The van der Waals surface area contributed by atoms with E-state index < -0.39 is 0 Å². The van der Waals surface area contributed by atoms with Crippen molar-refractivity contribution >= 4 is 5.69 Å². The molecule has 1 fully saturated rings. The highest BCUT2D eigenvalue weighted by Gasteiger charge is 2.16. The van der Waals surface area contributed by atoms with Crippen molar-refractivity contribution in [1.82, 2.24) is 0 Å². The highest BCUT2D eigenvalue weighted by atomic mass is 16.5. The zero-order chi connectivity index (χ0) is 21.1. The van der Waals surface area contributed by atoms with Crippen LogP contribution in [0.3, 0.4) is 0 Å². The molecule has 4 rings (SSSR count). The molecule has 0 radical (unpaired) electrons. The number of rotatable bonds is 11. The molecule has 5 heteroatoms. The van der Waals surface area contributed by atoms with Crippen molar-refractivity contribution in [3.63, 3.8) is 0 Å². The number of hydrogen-bond acceptors (Lipinski definition) is 5. The standard InChI is InChI=1S/C26H29NO4/c1-2-10-22(11-3-1)29-17-18-30-25-14-6-4-9-21(25)19-27-24-13-5-7-15-26(24)31-20-23-12-8-16-28-23/h1-7,9-11,13-15,23,27H,8,12,16-20H2. The lowest BCUT2D eigenvalue weighted by Gasteiger charge is -2.17. The Morgan fingerprint density at radius 1 is 0.774 bits per heavy atom. The van der Waals surface area contributed by atoms with Gasteiger partial charge in [0.15, 0.2) is 0 Å². The van der Waals surface area contributed by atoms with Gasteiger partial charge in [0, 0.05) is 18.7 Å². The van der Waals surface area contributed by atoms with Gasteiger partial charge in [-0.15, -0.1) is 0 Å². The summed E-state index contributed by atoms with van der Waals surface area (Å²) in [4.78, 5) is 0. The van der Waals surface area contributed by atoms with Gasteiger partial charge in [-0.1, -0.05) is 48.5 Å². The zero-order valence-corrected chi connectivity index (χ0v) is 17.7. The van der Waals surface area contributed by atoms with Crippen molar-refractivity contribution in [2.75, 3.05) is 31.7 Å². The molecule has 0 aromatic heterocycles. The van der Waals surface area contributed by atoms with E-state index in [9.17, 15) is 0 Å². The summed E-state index contributed by atoms with van der Waals surface area (Å²) < 4.78 is 23.4. The molecule has 0 aliphatic carbocycles. The van der Waals surface area contributed by atoms with Crippen LogP contribution in [0.5, 0.6) is 17.2 Å². The van der Waals surface area contributed by atoms with Gasteiger partial charge in [0.1, 0.15) is 37.1 Å². The van der Waals surface area contributed by atoms with Crippen LogP contribution in [0.4, 0.5) is 5.69 Å². The first kappa shape index (κ1) is 21.1. The Kier molecular flexibility index (Phi) is 7.66. The number of hydrogen-bond donors (Lipinski definition) is 1. The van der Waals surface area contributed by atoms with E-state index in [1.807, 2.05) is 72.8 Å². The van der Waals surface area contributed by atoms with Gasteiger partial charge in [0.05, 0.1) is 11.8 Å². The molecule has 31 heavy (non-hydrogen) atoms. The largest absolute Gasteiger partial charge is 0.490 e. The Morgan fingerprint density at radius 3 is 2.35 bits per heavy atom. The van der Waals surface area contributed by atoms with Gasteiger partial charge in [-0.3, -0.25) is 0 Å². The van der Waals surface area contributed by atoms with Gasteiger partial charge in [0.25, 0.3) is 0 Å². The molecule has 1 aliphatic rings. The maximum atomic E-state index is 6.03. The summed E-state index contributed by atoms with van der Waals surface area (Å²) >= 11 is 0. The molecule has 0 spiro atoms. The van der Waals surface area contributed by atoms with Crippen LogP contribution in [0.2, 0.25) is 0 Å². The van der Waals surface area contributed by atoms with Gasteiger partial charge in [-0.05, 0) is 43.2 Å². The van der Waals surface area contributed by atoms with Gasteiger partial charge in [-0.25, -0.2) is 0 Å². The van der Waals surface area contributed by atoms with Crippen LogP contribution >= 0.6 is 0 Å².